The van der Waals surface area contributed by atoms with Crippen LogP contribution in [0.1, 0.15) is 50.7 Å². The van der Waals surface area contributed by atoms with Gasteiger partial charge in [0.1, 0.15) is 5.75 Å². The van der Waals surface area contributed by atoms with Gasteiger partial charge in [-0.15, -0.1) is 0 Å². The lowest BCUT2D eigenvalue weighted by atomic mass is 10.00. The van der Waals surface area contributed by atoms with Crippen molar-refractivity contribution in [2.24, 2.45) is 21.1 Å². The normalized spacial score (nSPS) is 14.3. The van der Waals surface area contributed by atoms with Gasteiger partial charge in [-0.2, -0.15) is 22.0 Å². The molecular weight excluding hydrogens is 618 g/mol. The number of halogens is 1. The van der Waals surface area contributed by atoms with E-state index < -0.39 is 5.97 Å². The van der Waals surface area contributed by atoms with E-state index in [1.165, 1.54) is 11.3 Å². The van der Waals surface area contributed by atoms with Crippen molar-refractivity contribution >= 4 is 51.0 Å². The van der Waals surface area contributed by atoms with Crippen LogP contribution in [0.25, 0.3) is 32.9 Å². The van der Waals surface area contributed by atoms with Gasteiger partial charge in [0.05, 0.1) is 45.9 Å². The summed E-state index contributed by atoms with van der Waals surface area (Å²) >= 11 is 8.74. The lowest BCUT2D eigenvalue weighted by Gasteiger charge is -2.13. The quantitative estimate of drug-likeness (QED) is 0.206. The van der Waals surface area contributed by atoms with Gasteiger partial charge >= 0.3 is 0 Å². The zero-order chi connectivity index (χ0) is 32.1. The fourth-order valence-electron chi connectivity index (χ4n) is 6.96. The van der Waals surface area contributed by atoms with Crippen LogP contribution in [0.5, 0.6) is 5.75 Å². The number of rotatable bonds is 1. The van der Waals surface area contributed by atoms with E-state index in [4.69, 9.17) is 26.5 Å². The summed E-state index contributed by atoms with van der Waals surface area (Å²) < 4.78 is 12.0. The molecule has 0 N–H and O–H groups in total. The Kier molecular flexibility index (Phi) is 8.07. The molecule has 8 nitrogen and oxygen atoms in total. The molecule has 4 heterocycles. The first-order chi connectivity index (χ1) is 22.2. The average molecular weight is 653 g/mol. The Morgan fingerprint density at radius 2 is 1.76 bits per heavy atom. The molecule has 0 spiro atoms. The maximum atomic E-state index is 12.6. The SMILES string of the molecule is Cc1nn(C)c2c1CSCc1cc(n(C)n1)CCc1cc(c3ccccc3c1)OCCCc1c(C(=O)[O-])n(C)c3c-2c(Cl)ccc13. The summed E-state index contributed by atoms with van der Waals surface area (Å²) in [6, 6.07) is 18.6. The van der Waals surface area contributed by atoms with E-state index in [1.807, 2.05) is 54.6 Å². The molecule has 236 valence electrons. The van der Waals surface area contributed by atoms with Crippen LogP contribution in [0.4, 0.5) is 0 Å². The van der Waals surface area contributed by atoms with Crippen LogP contribution in [-0.4, -0.2) is 36.7 Å². The highest BCUT2D eigenvalue weighted by molar-refractivity contribution is 7.97. The Bertz CT molecular complexity index is 2140. The summed E-state index contributed by atoms with van der Waals surface area (Å²) in [5.74, 6) is 1.08. The number of carbonyl (C=O) groups excluding carboxylic acids is 1. The minimum Gasteiger partial charge on any atom is -0.543 e. The van der Waals surface area contributed by atoms with Crippen LogP contribution < -0.4 is 9.84 Å². The number of aromatic carboxylic acids is 1. The number of ether oxygens (including phenoxy) is 1. The summed E-state index contributed by atoms with van der Waals surface area (Å²) in [5.41, 5.74) is 8.73. The minimum absolute atomic E-state index is 0.161. The molecule has 0 saturated heterocycles. The molecule has 1 aliphatic heterocycles. The first kappa shape index (κ1) is 30.4. The van der Waals surface area contributed by atoms with Crippen molar-refractivity contribution in [2.75, 3.05) is 6.61 Å². The zero-order valence-corrected chi connectivity index (χ0v) is 28.0. The van der Waals surface area contributed by atoms with Crippen LogP contribution in [0.3, 0.4) is 0 Å². The van der Waals surface area contributed by atoms with Gasteiger partial charge in [-0.05, 0) is 67.3 Å². The summed E-state index contributed by atoms with van der Waals surface area (Å²) in [6.45, 7) is 2.44. The van der Waals surface area contributed by atoms with Crippen LogP contribution in [0.15, 0.2) is 54.6 Å². The highest BCUT2D eigenvalue weighted by Crippen LogP contribution is 2.42. The Morgan fingerprint density at radius 3 is 2.59 bits per heavy atom. The number of carbonyl (C=O) groups is 1. The van der Waals surface area contributed by atoms with Gasteiger partial charge in [-0.25, -0.2) is 0 Å². The van der Waals surface area contributed by atoms with Crippen molar-refractivity contribution in [2.45, 2.75) is 44.1 Å². The number of benzene rings is 3. The Labute approximate surface area is 276 Å². The highest BCUT2D eigenvalue weighted by Gasteiger charge is 2.25. The molecule has 1 aliphatic rings. The first-order valence-electron chi connectivity index (χ1n) is 15.5. The predicted octanol–water partition coefficient (Wildman–Crippen LogP) is 6.33. The van der Waals surface area contributed by atoms with Gasteiger partial charge < -0.3 is 19.2 Å². The van der Waals surface area contributed by atoms with Crippen molar-refractivity contribution < 1.29 is 14.6 Å². The van der Waals surface area contributed by atoms with Crippen molar-refractivity contribution in [3.63, 3.8) is 0 Å². The monoisotopic (exact) mass is 652 g/mol. The van der Waals surface area contributed by atoms with E-state index in [2.05, 4.69) is 30.3 Å². The number of nitrogens with zero attached hydrogens (tertiary/aromatic N) is 5. The molecular formula is C36H35ClN5O3S-. The summed E-state index contributed by atoms with van der Waals surface area (Å²) in [6.07, 6.45) is 2.86. The third-order valence-electron chi connectivity index (χ3n) is 9.09. The van der Waals surface area contributed by atoms with E-state index >= 15 is 0 Å². The number of thioether (sulfide) groups is 1. The smallest absolute Gasteiger partial charge is 0.127 e. The second kappa shape index (κ2) is 12.2. The molecule has 0 radical (unpaired) electrons. The van der Waals surface area contributed by atoms with Crippen LogP contribution >= 0.6 is 23.4 Å². The van der Waals surface area contributed by atoms with E-state index in [9.17, 15) is 9.90 Å². The van der Waals surface area contributed by atoms with Crippen molar-refractivity contribution in [3.05, 3.63) is 99.1 Å². The number of aryl methyl sites for hydroxylation is 7. The van der Waals surface area contributed by atoms with Crippen molar-refractivity contribution in [1.29, 1.82) is 0 Å². The molecule has 3 aromatic heterocycles. The molecule has 0 unspecified atom stereocenters. The van der Waals surface area contributed by atoms with Crippen molar-refractivity contribution in [1.82, 2.24) is 24.1 Å². The third-order valence-corrected chi connectivity index (χ3v) is 10.4. The standard InChI is InChI=1S/C36H36ClN5O3S/c1-21-29-20-46-19-24-18-25(41(3)39-24)12-11-22-16-23-8-5-6-9-26(23)31(17-22)45-15-7-10-27-28-13-14-30(37)32(34(29)42(4)38-21)33(28)40(2)35(27)36(43)44/h5-6,8-9,13-14,16-18H,7,10-12,15,19-20H2,1-4H3,(H,43,44)/p-1. The van der Waals surface area contributed by atoms with Crippen LogP contribution in [-0.2, 0) is 51.9 Å². The second-order valence-electron chi connectivity index (χ2n) is 12.0. The number of hydrogen-bond donors (Lipinski definition) is 0. The number of carboxylic acid groups (broad SMARTS) is 1. The molecule has 10 heteroatoms. The molecule has 6 aromatic rings. The van der Waals surface area contributed by atoms with Crippen molar-refractivity contribution in [3.8, 4) is 17.0 Å². The molecule has 0 aliphatic carbocycles. The van der Waals surface area contributed by atoms with Gasteiger partial charge in [0.15, 0.2) is 0 Å². The molecule has 0 amide bonds. The average Bonchev–Trinajstić information content (AvgIpc) is 3.62. The molecule has 7 rings (SSSR count). The topological polar surface area (TPSA) is 89.9 Å². The highest BCUT2D eigenvalue weighted by atomic mass is 35.5. The van der Waals surface area contributed by atoms with Gasteiger partial charge in [0, 0.05) is 60.2 Å². The van der Waals surface area contributed by atoms with Crippen LogP contribution in [0, 0.1) is 6.92 Å². The molecule has 0 saturated carbocycles. The second-order valence-corrected chi connectivity index (χ2v) is 13.4. The fraction of sp³-hybridized carbons (Fsp3) is 0.306. The van der Waals surface area contributed by atoms with Gasteiger partial charge in [-0.3, -0.25) is 9.36 Å². The Balaban J connectivity index is 1.36. The Hall–Kier alpha value is -4.21. The van der Waals surface area contributed by atoms with E-state index in [0.717, 1.165) is 79.8 Å². The maximum Gasteiger partial charge on any atom is 0.127 e. The van der Waals surface area contributed by atoms with E-state index in [1.54, 1.807) is 23.4 Å². The van der Waals surface area contributed by atoms with Gasteiger partial charge in [0.25, 0.3) is 0 Å². The number of fused-ring (bicyclic) bond motifs is 8. The summed E-state index contributed by atoms with van der Waals surface area (Å²) in [7, 11) is 5.70. The number of hydrogen-bond acceptors (Lipinski definition) is 6. The van der Waals surface area contributed by atoms with Gasteiger partial charge in [-0.1, -0.05) is 48.0 Å². The van der Waals surface area contributed by atoms with Gasteiger partial charge in [0.2, 0.25) is 0 Å². The number of carboxylic acids is 1. The largest absolute Gasteiger partial charge is 0.543 e. The summed E-state index contributed by atoms with van der Waals surface area (Å²) in [5, 5.41) is 25.8. The predicted molar refractivity (Wildman–Crippen MR) is 183 cm³/mol. The third kappa shape index (κ3) is 5.35. The lowest BCUT2D eigenvalue weighted by Crippen LogP contribution is -2.26. The zero-order valence-electron chi connectivity index (χ0n) is 26.4. The Morgan fingerprint density at radius 1 is 0.935 bits per heavy atom. The molecule has 0 fully saturated rings. The minimum atomic E-state index is -1.21. The number of aromatic nitrogens is 5. The molecule has 46 heavy (non-hydrogen) atoms. The molecule has 0 atom stereocenters. The fourth-order valence-corrected chi connectivity index (χ4v) is 8.21. The molecule has 8 bridgehead atoms. The maximum absolute atomic E-state index is 12.6. The van der Waals surface area contributed by atoms with E-state index in [-0.39, 0.29) is 5.69 Å². The first-order valence-corrected chi connectivity index (χ1v) is 17.0. The summed E-state index contributed by atoms with van der Waals surface area (Å²) in [4.78, 5) is 12.6. The van der Waals surface area contributed by atoms with E-state index in [0.29, 0.717) is 30.2 Å². The lowest BCUT2D eigenvalue weighted by molar-refractivity contribution is -0.255. The molecule has 3 aromatic carbocycles. The van der Waals surface area contributed by atoms with Crippen LogP contribution in [0.2, 0.25) is 5.02 Å².